The molecular weight excluding hydrogens is 918 g/mol. The van der Waals surface area contributed by atoms with Crippen molar-refractivity contribution in [3.63, 3.8) is 0 Å². The molecule has 0 rings (SSSR count). The van der Waals surface area contributed by atoms with Crippen LogP contribution in [0, 0.1) is 0 Å². The highest BCUT2D eigenvalue weighted by molar-refractivity contribution is 7.47. The van der Waals surface area contributed by atoms with Crippen LogP contribution < -0.4 is 0 Å². The zero-order valence-corrected chi connectivity index (χ0v) is 48.0. The van der Waals surface area contributed by atoms with E-state index in [0.717, 1.165) is 70.6 Å². The van der Waals surface area contributed by atoms with Crippen molar-refractivity contribution in [2.75, 3.05) is 47.5 Å². The third kappa shape index (κ3) is 56.5. The highest BCUT2D eigenvalue weighted by Gasteiger charge is 2.27. The molecular formula is C62H111NO8P+. The molecule has 0 heterocycles. The Kier molecular flexibility index (Phi) is 51.0. The average molecular weight is 1030 g/mol. The maximum Gasteiger partial charge on any atom is 0.472 e. The molecule has 0 aromatic rings. The van der Waals surface area contributed by atoms with Crippen LogP contribution in [-0.4, -0.2) is 74.9 Å². The first-order chi connectivity index (χ1) is 35.0. The Labute approximate surface area is 443 Å². The molecule has 2 atom stereocenters. The van der Waals surface area contributed by atoms with Crippen molar-refractivity contribution >= 4 is 19.8 Å². The first-order valence-electron chi connectivity index (χ1n) is 29.3. The van der Waals surface area contributed by atoms with Crippen LogP contribution in [0.2, 0.25) is 0 Å². The highest BCUT2D eigenvalue weighted by atomic mass is 31.2. The van der Waals surface area contributed by atoms with E-state index < -0.39 is 26.5 Å². The second-order valence-corrected chi connectivity index (χ2v) is 22.1. The molecule has 0 aliphatic heterocycles. The van der Waals surface area contributed by atoms with Gasteiger partial charge in [-0.05, 0) is 89.9 Å². The van der Waals surface area contributed by atoms with Gasteiger partial charge >= 0.3 is 19.8 Å². The van der Waals surface area contributed by atoms with E-state index in [2.05, 4.69) is 98.9 Å². The Morgan fingerprint density at radius 2 is 0.792 bits per heavy atom. The fraction of sp³-hybridized carbons (Fsp3) is 0.742. The molecule has 0 radical (unpaired) electrons. The van der Waals surface area contributed by atoms with Gasteiger partial charge in [0.1, 0.15) is 19.8 Å². The molecule has 0 aromatic heterocycles. The minimum absolute atomic E-state index is 0.0208. The van der Waals surface area contributed by atoms with E-state index in [1.807, 2.05) is 21.1 Å². The smallest absolute Gasteiger partial charge is 0.462 e. The Morgan fingerprint density at radius 3 is 1.21 bits per heavy atom. The number of phosphoric ester groups is 1. The third-order valence-electron chi connectivity index (χ3n) is 12.4. The molecule has 2 unspecified atom stereocenters. The maximum atomic E-state index is 12.7. The first kappa shape index (κ1) is 69.2. The predicted octanol–water partition coefficient (Wildman–Crippen LogP) is 18.3. The minimum atomic E-state index is -4.40. The van der Waals surface area contributed by atoms with Gasteiger partial charge in [0, 0.05) is 12.8 Å². The van der Waals surface area contributed by atoms with Gasteiger partial charge in [-0.3, -0.25) is 18.6 Å². The highest BCUT2D eigenvalue weighted by Crippen LogP contribution is 2.43. The van der Waals surface area contributed by atoms with Crippen molar-refractivity contribution in [3.8, 4) is 0 Å². The molecule has 416 valence electrons. The number of quaternary nitrogens is 1. The quantitative estimate of drug-likeness (QED) is 0.0211. The summed E-state index contributed by atoms with van der Waals surface area (Å²) in [7, 11) is 1.44. The average Bonchev–Trinajstić information content (AvgIpc) is 3.34. The van der Waals surface area contributed by atoms with E-state index in [9.17, 15) is 19.0 Å². The minimum Gasteiger partial charge on any atom is -0.462 e. The van der Waals surface area contributed by atoms with Crippen molar-refractivity contribution < 1.29 is 42.1 Å². The van der Waals surface area contributed by atoms with Crippen molar-refractivity contribution in [2.45, 2.75) is 251 Å². The summed E-state index contributed by atoms with van der Waals surface area (Å²) in [5.41, 5.74) is 0. The van der Waals surface area contributed by atoms with Gasteiger partial charge in [-0.1, -0.05) is 227 Å². The van der Waals surface area contributed by atoms with Gasteiger partial charge in [-0.2, -0.15) is 0 Å². The summed E-state index contributed by atoms with van der Waals surface area (Å²) >= 11 is 0. The van der Waals surface area contributed by atoms with E-state index in [4.69, 9.17) is 18.5 Å². The summed E-state index contributed by atoms with van der Waals surface area (Å²) in [5, 5.41) is 0. The second-order valence-electron chi connectivity index (χ2n) is 20.6. The van der Waals surface area contributed by atoms with Gasteiger partial charge < -0.3 is 18.9 Å². The van der Waals surface area contributed by atoms with Gasteiger partial charge in [0.2, 0.25) is 0 Å². The molecule has 0 amide bonds. The number of carbonyl (C=O) groups is 2. The lowest BCUT2D eigenvalue weighted by molar-refractivity contribution is -0.870. The van der Waals surface area contributed by atoms with Crippen LogP contribution in [0.4, 0.5) is 0 Å². The molecule has 0 aromatic carbocycles. The van der Waals surface area contributed by atoms with Crippen LogP contribution in [0.25, 0.3) is 0 Å². The largest absolute Gasteiger partial charge is 0.472 e. The fourth-order valence-corrected chi connectivity index (χ4v) is 8.64. The van der Waals surface area contributed by atoms with Crippen LogP contribution in [0.3, 0.4) is 0 Å². The number of hydrogen-bond donors (Lipinski definition) is 1. The van der Waals surface area contributed by atoms with Gasteiger partial charge in [0.05, 0.1) is 27.7 Å². The second kappa shape index (κ2) is 53.0. The molecule has 0 fully saturated rings. The number of rotatable bonds is 53. The fourth-order valence-electron chi connectivity index (χ4n) is 7.90. The number of likely N-dealkylation sites (N-methyl/N-ethyl adjacent to an activating group) is 1. The summed E-state index contributed by atoms with van der Waals surface area (Å²) < 4.78 is 34.4. The van der Waals surface area contributed by atoms with E-state index in [1.54, 1.807) is 0 Å². The Bertz CT molecular complexity index is 1490. The molecule has 1 N–H and O–H groups in total. The number of esters is 2. The molecule has 0 spiro atoms. The summed E-state index contributed by atoms with van der Waals surface area (Å²) in [6, 6.07) is 0. The first-order valence-corrected chi connectivity index (χ1v) is 30.8. The Hall–Kier alpha value is -2.81. The molecule has 0 saturated heterocycles. The van der Waals surface area contributed by atoms with Crippen LogP contribution in [0.15, 0.2) is 85.1 Å². The maximum absolute atomic E-state index is 12.7. The Balaban J connectivity index is 4.05. The third-order valence-corrected chi connectivity index (χ3v) is 13.4. The lowest BCUT2D eigenvalue weighted by Crippen LogP contribution is -2.37. The van der Waals surface area contributed by atoms with Crippen molar-refractivity contribution in [1.29, 1.82) is 0 Å². The molecule has 9 nitrogen and oxygen atoms in total. The summed E-state index contributed by atoms with van der Waals surface area (Å²) in [4.78, 5) is 35.6. The number of phosphoric acid groups is 1. The lowest BCUT2D eigenvalue weighted by Gasteiger charge is -2.24. The van der Waals surface area contributed by atoms with Gasteiger partial charge in [0.15, 0.2) is 6.10 Å². The van der Waals surface area contributed by atoms with Gasteiger partial charge in [0.25, 0.3) is 0 Å². The lowest BCUT2D eigenvalue weighted by atomic mass is 10.0. The molecule has 10 heteroatoms. The Morgan fingerprint density at radius 1 is 0.444 bits per heavy atom. The van der Waals surface area contributed by atoms with Crippen LogP contribution in [0.5, 0.6) is 0 Å². The normalized spacial score (nSPS) is 13.9. The van der Waals surface area contributed by atoms with E-state index in [1.165, 1.54) is 141 Å². The van der Waals surface area contributed by atoms with Gasteiger partial charge in [-0.25, -0.2) is 4.57 Å². The summed E-state index contributed by atoms with van der Waals surface area (Å²) in [6.07, 6.45) is 71.1. The zero-order chi connectivity index (χ0) is 52.7. The van der Waals surface area contributed by atoms with Crippen molar-refractivity contribution in [2.24, 2.45) is 0 Å². The SMILES string of the molecule is CC/C=C\C/C=C\C/C=C\C/C=C\CCCCC(=O)OC(COC(=O)CCCCCCCCCCCCCCCCCCCC/C=C\C/C=C\C/C=C\CCCCCCC)COP(=O)(O)OCC[N+](C)(C)C. The summed E-state index contributed by atoms with van der Waals surface area (Å²) in [5.74, 6) is -0.845. The van der Waals surface area contributed by atoms with Crippen molar-refractivity contribution in [3.05, 3.63) is 85.1 Å². The monoisotopic (exact) mass is 1030 g/mol. The topological polar surface area (TPSA) is 108 Å². The van der Waals surface area contributed by atoms with Crippen LogP contribution in [-0.2, 0) is 32.7 Å². The molecule has 0 bridgehead atoms. The number of allylic oxidation sites excluding steroid dienone is 14. The standard InChI is InChI=1S/C62H110NO8P/c1-6-8-10-12-14-16-18-20-22-23-24-25-26-27-28-29-30-31-32-33-34-35-36-37-38-39-41-42-44-46-48-50-52-54-61(64)68-58-60(59-70-72(66,67)69-57-56-63(3,4)5)71-62(65)55-53-51-49-47-45-43-40-21-19-17-15-13-11-9-7-2/h9,11,15,17-18,20-21,23-24,26-27,40,45,47,60H,6-8,10,12-14,16,19,22,25,28-39,41-44,46,48-59H2,1-5H3/p+1/b11-9-,17-15-,20-18-,24-23-,27-26-,40-21-,47-45-. The van der Waals surface area contributed by atoms with Gasteiger partial charge in [-0.15, -0.1) is 0 Å². The number of hydrogen-bond acceptors (Lipinski definition) is 7. The van der Waals surface area contributed by atoms with E-state index in [-0.39, 0.29) is 32.0 Å². The number of ether oxygens (including phenoxy) is 2. The molecule has 0 saturated carbocycles. The molecule has 72 heavy (non-hydrogen) atoms. The van der Waals surface area contributed by atoms with Crippen molar-refractivity contribution in [1.82, 2.24) is 0 Å². The number of nitrogens with zero attached hydrogens (tertiary/aromatic N) is 1. The van der Waals surface area contributed by atoms with E-state index in [0.29, 0.717) is 17.4 Å². The predicted molar refractivity (Wildman–Crippen MR) is 307 cm³/mol. The molecule has 0 aliphatic carbocycles. The van der Waals surface area contributed by atoms with Crippen LogP contribution >= 0.6 is 7.82 Å². The number of unbranched alkanes of at least 4 members (excludes halogenated alkanes) is 25. The zero-order valence-electron chi connectivity index (χ0n) is 47.1. The van der Waals surface area contributed by atoms with Crippen LogP contribution in [0.1, 0.15) is 245 Å². The number of carbonyl (C=O) groups excluding carboxylic acids is 2. The van der Waals surface area contributed by atoms with E-state index >= 15 is 0 Å². The summed E-state index contributed by atoms with van der Waals surface area (Å²) in [6.45, 7) is 4.26. The molecule has 0 aliphatic rings.